The molecule has 0 spiro atoms. The molecule has 1 N–H and O–H groups in total. The van der Waals surface area contributed by atoms with Crippen LogP contribution < -0.4 is 5.32 Å². The second-order valence-corrected chi connectivity index (χ2v) is 6.13. The summed E-state index contributed by atoms with van der Waals surface area (Å²) >= 11 is 9.94. The van der Waals surface area contributed by atoms with Gasteiger partial charge in [0.2, 0.25) is 0 Å². The first-order valence-corrected chi connectivity index (χ1v) is 7.82. The Labute approximate surface area is 133 Å². The van der Waals surface area contributed by atoms with E-state index in [-0.39, 0.29) is 0 Å². The molecule has 3 nitrogen and oxygen atoms in total. The molecule has 5 heteroatoms. The maximum atomic E-state index is 6.35. The zero-order valence-corrected chi connectivity index (χ0v) is 14.6. The van der Waals surface area contributed by atoms with Crippen LogP contribution in [0, 0.1) is 13.8 Å². The van der Waals surface area contributed by atoms with E-state index in [1.54, 1.807) is 0 Å². The van der Waals surface area contributed by atoms with Gasteiger partial charge >= 0.3 is 0 Å². The molecule has 2 aromatic rings. The number of halogens is 2. The summed E-state index contributed by atoms with van der Waals surface area (Å²) < 4.78 is 3.02. The molecule has 0 saturated heterocycles. The molecular weight excluding hydrogens is 338 g/mol. The van der Waals surface area contributed by atoms with Gasteiger partial charge in [-0.25, -0.2) is 0 Å². The van der Waals surface area contributed by atoms with Gasteiger partial charge in [0.15, 0.2) is 0 Å². The van der Waals surface area contributed by atoms with Gasteiger partial charge in [0, 0.05) is 17.2 Å². The van der Waals surface area contributed by atoms with E-state index in [2.05, 4.69) is 59.2 Å². The summed E-state index contributed by atoms with van der Waals surface area (Å²) in [5, 5.41) is 8.62. The van der Waals surface area contributed by atoms with Crippen LogP contribution in [0.25, 0.3) is 0 Å². The van der Waals surface area contributed by atoms with E-state index in [4.69, 9.17) is 11.6 Å². The summed E-state index contributed by atoms with van der Waals surface area (Å²) in [6.45, 7) is 6.92. The number of nitrogens with one attached hydrogen (secondary N) is 1. The fraction of sp³-hybridized carbons (Fsp3) is 0.400. The van der Waals surface area contributed by atoms with Crippen molar-refractivity contribution in [2.24, 2.45) is 7.05 Å². The van der Waals surface area contributed by atoms with E-state index < -0.39 is 0 Å². The third kappa shape index (κ3) is 3.01. The number of nitrogens with zero attached hydrogens (tertiary/aromatic N) is 2. The zero-order chi connectivity index (χ0) is 14.9. The van der Waals surface area contributed by atoms with E-state index in [0.717, 1.165) is 33.0 Å². The van der Waals surface area contributed by atoms with Crippen molar-refractivity contribution in [1.82, 2.24) is 9.78 Å². The van der Waals surface area contributed by atoms with Crippen molar-refractivity contribution in [3.8, 4) is 0 Å². The van der Waals surface area contributed by atoms with E-state index in [0.29, 0.717) is 6.54 Å². The van der Waals surface area contributed by atoms with Crippen molar-refractivity contribution < 1.29 is 0 Å². The normalized spacial score (nSPS) is 10.9. The second kappa shape index (κ2) is 6.19. The van der Waals surface area contributed by atoms with Gasteiger partial charge in [0.25, 0.3) is 0 Å². The highest BCUT2D eigenvalue weighted by Crippen LogP contribution is 2.26. The van der Waals surface area contributed by atoms with Crippen LogP contribution in [-0.2, 0) is 20.0 Å². The van der Waals surface area contributed by atoms with Crippen molar-refractivity contribution in [2.75, 3.05) is 5.32 Å². The molecule has 0 unspecified atom stereocenters. The molecule has 0 atom stereocenters. The fourth-order valence-electron chi connectivity index (χ4n) is 2.25. The smallest absolute Gasteiger partial charge is 0.0868 e. The second-order valence-electron chi connectivity index (χ2n) is 4.96. The SMILES string of the molecule is CCc1nn(C)c(CNc2cc(C)c(Br)c(C)c2)c1Cl. The minimum atomic E-state index is 0.669. The van der Waals surface area contributed by atoms with Crippen LogP contribution in [0.2, 0.25) is 5.02 Å². The molecular formula is C15H19BrClN3. The van der Waals surface area contributed by atoms with Gasteiger partial charge in [0.1, 0.15) is 0 Å². The fourth-order valence-corrected chi connectivity index (χ4v) is 2.84. The van der Waals surface area contributed by atoms with E-state index in [9.17, 15) is 0 Å². The number of hydrogen-bond donors (Lipinski definition) is 1. The van der Waals surface area contributed by atoms with Crippen molar-refractivity contribution in [3.05, 3.63) is 44.1 Å². The number of aromatic nitrogens is 2. The lowest BCUT2D eigenvalue weighted by Crippen LogP contribution is -2.06. The highest BCUT2D eigenvalue weighted by Gasteiger charge is 2.12. The average Bonchev–Trinajstić information content (AvgIpc) is 2.68. The molecule has 1 heterocycles. The molecule has 20 heavy (non-hydrogen) atoms. The first-order chi connectivity index (χ1) is 9.43. The molecule has 0 aliphatic carbocycles. The summed E-state index contributed by atoms with van der Waals surface area (Å²) in [5.41, 5.74) is 5.50. The molecule has 0 fully saturated rings. The average molecular weight is 357 g/mol. The molecule has 0 aliphatic rings. The molecule has 0 bridgehead atoms. The Hall–Kier alpha value is -1.000. The first kappa shape index (κ1) is 15.4. The summed E-state index contributed by atoms with van der Waals surface area (Å²) in [5.74, 6) is 0. The summed E-state index contributed by atoms with van der Waals surface area (Å²) in [4.78, 5) is 0. The van der Waals surface area contributed by atoms with Crippen LogP contribution in [0.15, 0.2) is 16.6 Å². The molecule has 0 radical (unpaired) electrons. The van der Waals surface area contributed by atoms with Gasteiger partial charge in [-0.2, -0.15) is 5.10 Å². The van der Waals surface area contributed by atoms with Crippen LogP contribution in [0.5, 0.6) is 0 Å². The maximum absolute atomic E-state index is 6.35. The number of rotatable bonds is 4. The Balaban J connectivity index is 2.19. The molecule has 2 rings (SSSR count). The quantitative estimate of drug-likeness (QED) is 0.865. The highest BCUT2D eigenvalue weighted by molar-refractivity contribution is 9.10. The predicted molar refractivity (Wildman–Crippen MR) is 88.5 cm³/mol. The summed E-state index contributed by atoms with van der Waals surface area (Å²) in [6.07, 6.45) is 0.850. The van der Waals surface area contributed by atoms with Gasteiger partial charge in [-0.05, 0) is 43.5 Å². The monoisotopic (exact) mass is 355 g/mol. The minimum Gasteiger partial charge on any atom is -0.379 e. The van der Waals surface area contributed by atoms with Crippen LogP contribution in [0.4, 0.5) is 5.69 Å². The predicted octanol–water partition coefficient (Wildman–Crippen LogP) is 4.63. The van der Waals surface area contributed by atoms with Crippen molar-refractivity contribution in [3.63, 3.8) is 0 Å². The molecule has 1 aromatic carbocycles. The highest BCUT2D eigenvalue weighted by atomic mass is 79.9. The van der Waals surface area contributed by atoms with Gasteiger partial charge < -0.3 is 5.32 Å². The summed E-state index contributed by atoms with van der Waals surface area (Å²) in [6, 6.07) is 4.25. The van der Waals surface area contributed by atoms with Gasteiger partial charge in [-0.1, -0.05) is 34.5 Å². The van der Waals surface area contributed by atoms with Crippen LogP contribution in [0.3, 0.4) is 0 Å². The third-order valence-corrected chi connectivity index (χ3v) is 5.09. The molecule has 0 amide bonds. The molecule has 0 saturated carbocycles. The maximum Gasteiger partial charge on any atom is 0.0868 e. The van der Waals surface area contributed by atoms with Crippen molar-refractivity contribution in [1.29, 1.82) is 0 Å². The zero-order valence-electron chi connectivity index (χ0n) is 12.2. The molecule has 108 valence electrons. The van der Waals surface area contributed by atoms with E-state index >= 15 is 0 Å². The van der Waals surface area contributed by atoms with Crippen molar-refractivity contribution >= 4 is 33.2 Å². The lowest BCUT2D eigenvalue weighted by molar-refractivity contribution is 0.707. The standard InChI is InChI=1S/C15H19BrClN3/c1-5-12-15(17)13(20(4)19-12)8-18-11-6-9(2)14(16)10(3)7-11/h6-7,18H,5,8H2,1-4H3. The Morgan fingerprint density at radius 3 is 2.40 bits per heavy atom. The summed E-state index contributed by atoms with van der Waals surface area (Å²) in [7, 11) is 1.93. The Bertz CT molecular complexity index is 611. The lowest BCUT2D eigenvalue weighted by atomic mass is 10.1. The lowest BCUT2D eigenvalue weighted by Gasteiger charge is -2.11. The number of benzene rings is 1. The molecule has 0 aliphatic heterocycles. The first-order valence-electron chi connectivity index (χ1n) is 6.64. The topological polar surface area (TPSA) is 29.9 Å². The number of aryl methyl sites for hydroxylation is 4. The van der Waals surface area contributed by atoms with E-state index in [1.165, 1.54) is 11.1 Å². The third-order valence-electron chi connectivity index (χ3n) is 3.40. The van der Waals surface area contributed by atoms with Crippen LogP contribution >= 0.6 is 27.5 Å². The van der Waals surface area contributed by atoms with Crippen molar-refractivity contribution in [2.45, 2.75) is 33.7 Å². The largest absolute Gasteiger partial charge is 0.379 e. The Morgan fingerprint density at radius 2 is 1.90 bits per heavy atom. The Kier molecular flexibility index (Phi) is 4.76. The number of hydrogen-bond acceptors (Lipinski definition) is 2. The van der Waals surface area contributed by atoms with Gasteiger partial charge in [0.05, 0.1) is 23.0 Å². The Morgan fingerprint density at radius 1 is 1.30 bits per heavy atom. The molecule has 1 aromatic heterocycles. The number of anilines is 1. The van der Waals surface area contributed by atoms with E-state index in [1.807, 2.05) is 11.7 Å². The van der Waals surface area contributed by atoms with Gasteiger partial charge in [-0.3, -0.25) is 4.68 Å². The minimum absolute atomic E-state index is 0.669. The van der Waals surface area contributed by atoms with Crippen LogP contribution in [0.1, 0.15) is 29.4 Å². The van der Waals surface area contributed by atoms with Gasteiger partial charge in [-0.15, -0.1) is 0 Å². The van der Waals surface area contributed by atoms with Crippen LogP contribution in [-0.4, -0.2) is 9.78 Å².